The van der Waals surface area contributed by atoms with E-state index < -0.39 is 10.0 Å². The second-order valence-corrected chi connectivity index (χ2v) is 8.88. The van der Waals surface area contributed by atoms with E-state index in [4.69, 9.17) is 16.0 Å². The van der Waals surface area contributed by atoms with Crippen LogP contribution >= 0.6 is 11.6 Å². The molecule has 0 aliphatic rings. The van der Waals surface area contributed by atoms with Crippen LogP contribution in [0.4, 0.5) is 0 Å². The largest absolute Gasteiger partial charge is 0.468 e. The molecule has 6 nitrogen and oxygen atoms in total. The van der Waals surface area contributed by atoms with Crippen molar-refractivity contribution in [2.75, 3.05) is 7.05 Å². The van der Waals surface area contributed by atoms with E-state index in [1.54, 1.807) is 44.3 Å². The molecule has 0 atom stereocenters. The number of rotatable bonds is 7. The fraction of sp³-hybridized carbons (Fsp3) is 0.190. The molecule has 152 valence electrons. The smallest absolute Gasteiger partial charge is 0.254 e. The second kappa shape index (κ2) is 8.82. The maximum Gasteiger partial charge on any atom is 0.254 e. The summed E-state index contributed by atoms with van der Waals surface area (Å²) < 4.78 is 32.9. The molecule has 1 aromatic heterocycles. The molecule has 1 amide bonds. The van der Waals surface area contributed by atoms with Gasteiger partial charge in [0.05, 0.1) is 17.7 Å². The van der Waals surface area contributed by atoms with Gasteiger partial charge < -0.3 is 9.32 Å². The summed E-state index contributed by atoms with van der Waals surface area (Å²) in [6.45, 7) is 2.15. The van der Waals surface area contributed by atoms with E-state index in [0.717, 1.165) is 5.56 Å². The fourth-order valence-corrected chi connectivity index (χ4v) is 4.08. The van der Waals surface area contributed by atoms with Crippen LogP contribution in [0.3, 0.4) is 0 Å². The SMILES string of the molecule is Cc1ccc(S(=O)(=O)NCc2ccco2)cc1C(=O)N(C)Cc1cccc(Cl)c1. The molecule has 0 fully saturated rings. The average Bonchev–Trinajstić information content (AvgIpc) is 3.20. The van der Waals surface area contributed by atoms with Crippen molar-refractivity contribution < 1.29 is 17.6 Å². The third kappa shape index (κ3) is 5.26. The molecule has 2 aromatic carbocycles. The summed E-state index contributed by atoms with van der Waals surface area (Å²) in [4.78, 5) is 14.5. The number of hydrogen-bond acceptors (Lipinski definition) is 4. The van der Waals surface area contributed by atoms with Crippen LogP contribution in [0.1, 0.15) is 27.2 Å². The molecule has 0 saturated heterocycles. The minimum Gasteiger partial charge on any atom is -0.468 e. The van der Waals surface area contributed by atoms with Gasteiger partial charge in [0, 0.05) is 24.2 Å². The number of halogens is 1. The van der Waals surface area contributed by atoms with Crippen LogP contribution in [0.2, 0.25) is 5.02 Å². The number of hydrogen-bond donors (Lipinski definition) is 1. The number of furan rings is 1. The van der Waals surface area contributed by atoms with E-state index in [1.165, 1.54) is 23.3 Å². The molecule has 29 heavy (non-hydrogen) atoms. The number of carbonyl (C=O) groups excluding carboxylic acids is 1. The minimum atomic E-state index is -3.80. The highest BCUT2D eigenvalue weighted by atomic mass is 35.5. The topological polar surface area (TPSA) is 79.6 Å². The molecular formula is C21H21ClN2O4S. The standard InChI is InChI=1S/C21H21ClN2O4S/c1-15-8-9-19(29(26,27)23-13-18-7-4-10-28-18)12-20(15)21(25)24(2)14-16-5-3-6-17(22)11-16/h3-12,23H,13-14H2,1-2H3. The zero-order valence-corrected chi connectivity index (χ0v) is 17.6. The fourth-order valence-electron chi connectivity index (χ4n) is 2.85. The van der Waals surface area contributed by atoms with Crippen molar-refractivity contribution in [2.24, 2.45) is 0 Å². The number of benzene rings is 2. The first-order valence-corrected chi connectivity index (χ1v) is 10.7. The van der Waals surface area contributed by atoms with Gasteiger partial charge in [0.1, 0.15) is 5.76 Å². The van der Waals surface area contributed by atoms with Crippen LogP contribution in [0.15, 0.2) is 70.2 Å². The average molecular weight is 433 g/mol. The van der Waals surface area contributed by atoms with Gasteiger partial charge in [-0.25, -0.2) is 13.1 Å². The van der Waals surface area contributed by atoms with Gasteiger partial charge in [-0.3, -0.25) is 4.79 Å². The van der Waals surface area contributed by atoms with E-state index in [2.05, 4.69) is 4.72 Å². The van der Waals surface area contributed by atoms with Crippen LogP contribution in [0, 0.1) is 6.92 Å². The summed E-state index contributed by atoms with van der Waals surface area (Å²) in [6.07, 6.45) is 1.47. The first-order chi connectivity index (χ1) is 13.8. The Morgan fingerprint density at radius 3 is 2.62 bits per heavy atom. The van der Waals surface area contributed by atoms with Gasteiger partial charge in [-0.2, -0.15) is 0 Å². The van der Waals surface area contributed by atoms with Gasteiger partial charge in [0.15, 0.2) is 0 Å². The molecule has 8 heteroatoms. The van der Waals surface area contributed by atoms with Gasteiger partial charge in [-0.15, -0.1) is 0 Å². The van der Waals surface area contributed by atoms with Gasteiger partial charge >= 0.3 is 0 Å². The third-order valence-corrected chi connectivity index (χ3v) is 6.06. The predicted molar refractivity (Wildman–Crippen MR) is 111 cm³/mol. The van der Waals surface area contributed by atoms with E-state index >= 15 is 0 Å². The van der Waals surface area contributed by atoms with Gasteiger partial charge in [-0.05, 0) is 54.4 Å². The quantitative estimate of drug-likeness (QED) is 0.612. The summed E-state index contributed by atoms with van der Waals surface area (Å²) in [5.74, 6) is 0.226. The van der Waals surface area contributed by atoms with Crippen molar-refractivity contribution in [2.45, 2.75) is 24.9 Å². The van der Waals surface area contributed by atoms with E-state index in [9.17, 15) is 13.2 Å². The molecule has 0 spiro atoms. The number of carbonyl (C=O) groups is 1. The highest BCUT2D eigenvalue weighted by Crippen LogP contribution is 2.19. The number of nitrogens with zero attached hydrogens (tertiary/aromatic N) is 1. The maximum atomic E-state index is 12.9. The molecule has 0 saturated carbocycles. The molecule has 0 aliphatic carbocycles. The number of nitrogens with one attached hydrogen (secondary N) is 1. The summed E-state index contributed by atoms with van der Waals surface area (Å²) in [5, 5.41) is 0.593. The summed E-state index contributed by atoms with van der Waals surface area (Å²) in [7, 11) is -2.13. The summed E-state index contributed by atoms with van der Waals surface area (Å²) in [6, 6.07) is 15.1. The van der Waals surface area contributed by atoms with Crippen LogP contribution in [-0.4, -0.2) is 26.3 Å². The lowest BCUT2D eigenvalue weighted by Crippen LogP contribution is -2.28. The van der Waals surface area contributed by atoms with Crippen molar-refractivity contribution in [3.8, 4) is 0 Å². The number of sulfonamides is 1. The Balaban J connectivity index is 1.79. The van der Waals surface area contributed by atoms with Crippen molar-refractivity contribution in [3.05, 3.63) is 88.3 Å². The molecule has 3 aromatic rings. The van der Waals surface area contributed by atoms with E-state index in [-0.39, 0.29) is 17.3 Å². The van der Waals surface area contributed by atoms with Crippen LogP contribution in [0.5, 0.6) is 0 Å². The highest BCUT2D eigenvalue weighted by Gasteiger charge is 2.20. The third-order valence-electron chi connectivity index (χ3n) is 4.42. The minimum absolute atomic E-state index is 0.0224. The van der Waals surface area contributed by atoms with Crippen LogP contribution in [0.25, 0.3) is 0 Å². The number of amides is 1. The van der Waals surface area contributed by atoms with Gasteiger partial charge in [-0.1, -0.05) is 29.8 Å². The maximum absolute atomic E-state index is 12.9. The van der Waals surface area contributed by atoms with E-state index in [0.29, 0.717) is 28.5 Å². The van der Waals surface area contributed by atoms with Crippen molar-refractivity contribution in [1.82, 2.24) is 9.62 Å². The van der Waals surface area contributed by atoms with E-state index in [1.807, 2.05) is 12.1 Å². The zero-order valence-electron chi connectivity index (χ0n) is 16.1. The van der Waals surface area contributed by atoms with Crippen LogP contribution in [-0.2, 0) is 23.1 Å². The number of aryl methyl sites for hydroxylation is 1. The first-order valence-electron chi connectivity index (χ1n) is 8.89. The molecule has 0 unspecified atom stereocenters. The Morgan fingerprint density at radius 1 is 1.14 bits per heavy atom. The zero-order chi connectivity index (χ0) is 21.0. The van der Waals surface area contributed by atoms with Crippen molar-refractivity contribution in [1.29, 1.82) is 0 Å². The molecule has 3 rings (SSSR count). The molecule has 1 heterocycles. The van der Waals surface area contributed by atoms with Crippen molar-refractivity contribution in [3.63, 3.8) is 0 Å². The highest BCUT2D eigenvalue weighted by molar-refractivity contribution is 7.89. The normalized spacial score (nSPS) is 11.4. The Morgan fingerprint density at radius 2 is 1.93 bits per heavy atom. The monoisotopic (exact) mass is 432 g/mol. The van der Waals surface area contributed by atoms with Gasteiger partial charge in [0.2, 0.25) is 10.0 Å². The summed E-state index contributed by atoms with van der Waals surface area (Å²) >= 11 is 6.00. The second-order valence-electron chi connectivity index (χ2n) is 6.67. The first kappa shape index (κ1) is 21.1. The lowest BCUT2D eigenvalue weighted by atomic mass is 10.1. The lowest BCUT2D eigenvalue weighted by Gasteiger charge is -2.19. The van der Waals surface area contributed by atoms with Gasteiger partial charge in [0.25, 0.3) is 5.91 Å². The lowest BCUT2D eigenvalue weighted by molar-refractivity contribution is 0.0784. The molecule has 0 aliphatic heterocycles. The van der Waals surface area contributed by atoms with Crippen LogP contribution < -0.4 is 4.72 Å². The molecule has 0 bridgehead atoms. The Labute approximate surface area is 175 Å². The predicted octanol–water partition coefficient (Wildman–Crippen LogP) is 3.99. The van der Waals surface area contributed by atoms with Crippen molar-refractivity contribution >= 4 is 27.5 Å². The molecule has 1 N–H and O–H groups in total. The Kier molecular flexibility index (Phi) is 6.42. The summed E-state index contributed by atoms with van der Waals surface area (Å²) in [5.41, 5.74) is 1.91. The Bertz CT molecular complexity index is 1110. The molecule has 0 radical (unpaired) electrons. The molecular weight excluding hydrogens is 412 g/mol. The Hall–Kier alpha value is -2.61.